The van der Waals surface area contributed by atoms with Crippen LogP contribution in [-0.4, -0.2) is 37.1 Å². The summed E-state index contributed by atoms with van der Waals surface area (Å²) >= 11 is 0. The van der Waals surface area contributed by atoms with E-state index in [1.54, 1.807) is 0 Å². The van der Waals surface area contributed by atoms with Crippen LogP contribution in [0.25, 0.3) is 6.08 Å². The zero-order chi connectivity index (χ0) is 13.3. The Labute approximate surface area is 117 Å². The monoisotopic (exact) mass is 258 g/mol. The van der Waals surface area contributed by atoms with Crippen LogP contribution in [0.4, 0.5) is 0 Å². The molecule has 0 radical (unpaired) electrons. The molecule has 1 aromatic rings. The van der Waals surface area contributed by atoms with E-state index in [1.807, 2.05) is 0 Å². The molecule has 1 heterocycles. The van der Waals surface area contributed by atoms with Gasteiger partial charge in [-0.05, 0) is 38.4 Å². The molecule has 1 saturated heterocycles. The maximum absolute atomic E-state index is 3.57. The number of nitrogens with zero attached hydrogens (tertiary/aromatic N) is 1. The lowest BCUT2D eigenvalue weighted by atomic mass is 10.1. The average Bonchev–Trinajstić information content (AvgIpc) is 2.46. The minimum Gasteiger partial charge on any atom is -0.310 e. The second kappa shape index (κ2) is 8.13. The molecule has 1 aliphatic rings. The fourth-order valence-electron chi connectivity index (χ4n) is 2.62. The smallest absolute Gasteiger partial charge is 0.0169 e. The summed E-state index contributed by atoms with van der Waals surface area (Å²) in [5.74, 6) is 0. The summed E-state index contributed by atoms with van der Waals surface area (Å²) in [7, 11) is 0. The molecule has 104 valence electrons. The molecule has 1 aliphatic heterocycles. The van der Waals surface area contributed by atoms with Crippen molar-refractivity contribution in [3.05, 3.63) is 42.0 Å². The first-order valence-electron chi connectivity index (χ1n) is 7.52. The minimum absolute atomic E-state index is 0.568. The van der Waals surface area contributed by atoms with Crippen LogP contribution in [0.5, 0.6) is 0 Å². The van der Waals surface area contributed by atoms with Crippen molar-refractivity contribution in [3.8, 4) is 0 Å². The van der Waals surface area contributed by atoms with Crippen LogP contribution in [0.3, 0.4) is 0 Å². The number of hydrogen-bond acceptors (Lipinski definition) is 2. The third-order valence-corrected chi connectivity index (χ3v) is 3.67. The van der Waals surface area contributed by atoms with E-state index >= 15 is 0 Å². The Morgan fingerprint density at radius 3 is 2.63 bits per heavy atom. The van der Waals surface area contributed by atoms with Crippen molar-refractivity contribution in [2.24, 2.45) is 0 Å². The Kier molecular flexibility index (Phi) is 6.12. The number of nitrogens with one attached hydrogen (secondary N) is 1. The minimum atomic E-state index is 0.568. The van der Waals surface area contributed by atoms with E-state index in [2.05, 4.69) is 59.6 Å². The van der Waals surface area contributed by atoms with Crippen molar-refractivity contribution in [2.75, 3.05) is 26.2 Å². The van der Waals surface area contributed by atoms with Crippen LogP contribution in [-0.2, 0) is 0 Å². The first-order chi connectivity index (χ1) is 9.34. The lowest BCUT2D eigenvalue weighted by molar-refractivity contribution is 0.210. The quantitative estimate of drug-likeness (QED) is 0.843. The van der Waals surface area contributed by atoms with E-state index in [1.165, 1.54) is 44.5 Å². The van der Waals surface area contributed by atoms with Crippen LogP contribution in [0.15, 0.2) is 36.4 Å². The van der Waals surface area contributed by atoms with Crippen LogP contribution < -0.4 is 5.32 Å². The van der Waals surface area contributed by atoms with Gasteiger partial charge < -0.3 is 10.2 Å². The highest BCUT2D eigenvalue weighted by Gasteiger charge is 2.12. The van der Waals surface area contributed by atoms with Gasteiger partial charge in [0, 0.05) is 19.1 Å². The molecule has 1 atom stereocenters. The summed E-state index contributed by atoms with van der Waals surface area (Å²) in [6.07, 6.45) is 8.56. The van der Waals surface area contributed by atoms with Crippen molar-refractivity contribution >= 4 is 6.08 Å². The maximum atomic E-state index is 3.57. The molecule has 2 nitrogen and oxygen atoms in total. The van der Waals surface area contributed by atoms with Gasteiger partial charge in [0.2, 0.25) is 0 Å². The van der Waals surface area contributed by atoms with E-state index in [-0.39, 0.29) is 0 Å². The van der Waals surface area contributed by atoms with Crippen LogP contribution >= 0.6 is 0 Å². The Bertz CT molecular complexity index is 366. The molecule has 0 saturated carbocycles. The second-order valence-electron chi connectivity index (χ2n) is 5.48. The predicted molar refractivity (Wildman–Crippen MR) is 83.2 cm³/mol. The van der Waals surface area contributed by atoms with Crippen molar-refractivity contribution in [2.45, 2.75) is 32.2 Å². The Morgan fingerprint density at radius 2 is 1.89 bits per heavy atom. The Hall–Kier alpha value is -1.12. The lowest BCUT2D eigenvalue weighted by Gasteiger charge is -2.29. The van der Waals surface area contributed by atoms with Crippen molar-refractivity contribution in [1.82, 2.24) is 10.2 Å². The fraction of sp³-hybridized carbons (Fsp3) is 0.529. The molecule has 1 fully saturated rings. The molecule has 0 aromatic heterocycles. The van der Waals surface area contributed by atoms with Gasteiger partial charge in [0.1, 0.15) is 0 Å². The normalized spacial score (nSPS) is 18.8. The molecule has 0 spiro atoms. The SMILES string of the molecule is CC(CN1CCCCC1)NC/C=C/c1ccccc1. The molecular formula is C17H26N2. The summed E-state index contributed by atoms with van der Waals surface area (Å²) in [5.41, 5.74) is 1.27. The van der Waals surface area contributed by atoms with Crippen LogP contribution in [0.2, 0.25) is 0 Å². The topological polar surface area (TPSA) is 15.3 Å². The first-order valence-corrected chi connectivity index (χ1v) is 7.52. The highest BCUT2D eigenvalue weighted by molar-refractivity contribution is 5.48. The molecule has 2 heteroatoms. The number of benzene rings is 1. The molecule has 19 heavy (non-hydrogen) atoms. The Morgan fingerprint density at radius 1 is 1.16 bits per heavy atom. The highest BCUT2D eigenvalue weighted by Crippen LogP contribution is 2.08. The first kappa shape index (κ1) is 14.3. The van der Waals surface area contributed by atoms with Gasteiger partial charge in [0.15, 0.2) is 0 Å². The van der Waals surface area contributed by atoms with Gasteiger partial charge in [-0.3, -0.25) is 0 Å². The van der Waals surface area contributed by atoms with Gasteiger partial charge in [-0.2, -0.15) is 0 Å². The van der Waals surface area contributed by atoms with Gasteiger partial charge in [-0.25, -0.2) is 0 Å². The molecule has 0 bridgehead atoms. The van der Waals surface area contributed by atoms with Crippen molar-refractivity contribution < 1.29 is 0 Å². The second-order valence-corrected chi connectivity index (χ2v) is 5.48. The zero-order valence-corrected chi connectivity index (χ0v) is 12.0. The third-order valence-electron chi connectivity index (χ3n) is 3.67. The van der Waals surface area contributed by atoms with E-state index in [0.717, 1.165) is 6.54 Å². The summed E-state index contributed by atoms with van der Waals surface area (Å²) in [6, 6.07) is 11.0. The van der Waals surface area contributed by atoms with Gasteiger partial charge in [0.25, 0.3) is 0 Å². The molecule has 1 unspecified atom stereocenters. The van der Waals surface area contributed by atoms with Crippen molar-refractivity contribution in [1.29, 1.82) is 0 Å². The molecule has 0 amide bonds. The average molecular weight is 258 g/mol. The third kappa shape index (κ3) is 5.58. The number of likely N-dealkylation sites (tertiary alicyclic amines) is 1. The van der Waals surface area contributed by atoms with Crippen LogP contribution in [0, 0.1) is 0 Å². The molecule has 2 rings (SSSR count). The van der Waals surface area contributed by atoms with E-state index < -0.39 is 0 Å². The molecule has 1 N–H and O–H groups in total. The highest BCUT2D eigenvalue weighted by atomic mass is 15.1. The number of hydrogen-bond donors (Lipinski definition) is 1. The number of rotatable bonds is 6. The van der Waals surface area contributed by atoms with E-state index in [0.29, 0.717) is 6.04 Å². The van der Waals surface area contributed by atoms with Gasteiger partial charge in [-0.1, -0.05) is 48.9 Å². The van der Waals surface area contributed by atoms with Crippen LogP contribution in [0.1, 0.15) is 31.7 Å². The zero-order valence-electron chi connectivity index (χ0n) is 12.0. The van der Waals surface area contributed by atoms with Gasteiger partial charge >= 0.3 is 0 Å². The standard InChI is InChI=1S/C17H26N2/c1-16(15-19-13-6-3-7-14-19)18-12-8-11-17-9-4-2-5-10-17/h2,4-5,8-11,16,18H,3,6-7,12-15H2,1H3/b11-8+. The van der Waals surface area contributed by atoms with Gasteiger partial charge in [0.05, 0.1) is 0 Å². The summed E-state index contributed by atoms with van der Waals surface area (Å²) in [5, 5.41) is 3.57. The fourth-order valence-corrected chi connectivity index (χ4v) is 2.62. The number of piperidine rings is 1. The lowest BCUT2D eigenvalue weighted by Crippen LogP contribution is -2.41. The summed E-state index contributed by atoms with van der Waals surface area (Å²) in [6.45, 7) is 6.98. The maximum Gasteiger partial charge on any atom is 0.0169 e. The molecular weight excluding hydrogens is 232 g/mol. The Balaban J connectivity index is 1.63. The molecule has 1 aromatic carbocycles. The van der Waals surface area contributed by atoms with E-state index in [4.69, 9.17) is 0 Å². The van der Waals surface area contributed by atoms with Gasteiger partial charge in [-0.15, -0.1) is 0 Å². The predicted octanol–water partition coefficient (Wildman–Crippen LogP) is 3.16. The summed E-state index contributed by atoms with van der Waals surface area (Å²) < 4.78 is 0. The summed E-state index contributed by atoms with van der Waals surface area (Å²) in [4.78, 5) is 2.59. The van der Waals surface area contributed by atoms with Crippen molar-refractivity contribution in [3.63, 3.8) is 0 Å². The van der Waals surface area contributed by atoms with E-state index in [9.17, 15) is 0 Å². The largest absolute Gasteiger partial charge is 0.310 e. The molecule has 0 aliphatic carbocycles.